The number of carbonyl (C=O) groups excluding carboxylic acids is 1. The number of nitrogen functional groups attached to an aromatic ring is 1. The van der Waals surface area contributed by atoms with Gasteiger partial charge in [0.25, 0.3) is 0 Å². The maximum Gasteiger partial charge on any atom is 0.407 e. The van der Waals surface area contributed by atoms with Gasteiger partial charge in [-0.3, -0.25) is 0 Å². The first-order valence-electron chi connectivity index (χ1n) is 6.65. The molecule has 1 saturated heterocycles. The van der Waals surface area contributed by atoms with Gasteiger partial charge in [-0.15, -0.1) is 0 Å². The van der Waals surface area contributed by atoms with E-state index in [1.807, 2.05) is 25.7 Å². The number of nitrogens with two attached hydrogens (primary N) is 1. The molecule has 1 atom stereocenters. The van der Waals surface area contributed by atoms with E-state index < -0.39 is 0 Å². The van der Waals surface area contributed by atoms with E-state index in [0.29, 0.717) is 12.4 Å². The van der Waals surface area contributed by atoms with Gasteiger partial charge in [-0.2, -0.15) is 0 Å². The summed E-state index contributed by atoms with van der Waals surface area (Å²) in [5.74, 6) is 1.20. The van der Waals surface area contributed by atoms with E-state index in [4.69, 9.17) is 10.5 Å². The summed E-state index contributed by atoms with van der Waals surface area (Å²) in [7, 11) is 0. The van der Waals surface area contributed by atoms with Crippen molar-refractivity contribution in [1.82, 2.24) is 15.3 Å². The molecular formula is C13H21N5O2. The summed E-state index contributed by atoms with van der Waals surface area (Å²) in [6.07, 6.45) is 1.70. The van der Waals surface area contributed by atoms with Crippen molar-refractivity contribution in [3.05, 3.63) is 12.4 Å². The van der Waals surface area contributed by atoms with Crippen LogP contribution in [0.15, 0.2) is 12.4 Å². The fraction of sp³-hybridized carbons (Fsp3) is 0.615. The summed E-state index contributed by atoms with van der Waals surface area (Å²) < 4.78 is 5.40. The minimum absolute atomic E-state index is 0.131. The second kappa shape index (κ2) is 5.52. The number of hydrogen-bond acceptors (Lipinski definition) is 6. The molecule has 20 heavy (non-hydrogen) atoms. The highest BCUT2D eigenvalue weighted by atomic mass is 16.6. The number of aromatic nitrogens is 2. The van der Waals surface area contributed by atoms with Gasteiger partial charge in [-0.1, -0.05) is 0 Å². The highest BCUT2D eigenvalue weighted by Crippen LogP contribution is 2.20. The molecule has 0 bridgehead atoms. The SMILES string of the molecule is CC(C)(C)NC(=O)O[C@H]1CCN(c2cc(N)ncn2)C1. The molecular weight excluding hydrogens is 258 g/mol. The zero-order valence-corrected chi connectivity index (χ0v) is 12.1. The molecule has 1 amide bonds. The lowest BCUT2D eigenvalue weighted by molar-refractivity contribution is 0.101. The Morgan fingerprint density at radius 1 is 1.50 bits per heavy atom. The maximum absolute atomic E-state index is 11.7. The molecule has 0 saturated carbocycles. The van der Waals surface area contributed by atoms with Crippen molar-refractivity contribution in [1.29, 1.82) is 0 Å². The first-order valence-corrected chi connectivity index (χ1v) is 6.65. The van der Waals surface area contributed by atoms with Gasteiger partial charge >= 0.3 is 6.09 Å². The van der Waals surface area contributed by atoms with Gasteiger partial charge in [-0.05, 0) is 20.8 Å². The van der Waals surface area contributed by atoms with Gasteiger partial charge in [0, 0.05) is 24.6 Å². The lowest BCUT2D eigenvalue weighted by Crippen LogP contribution is -2.42. The molecule has 7 heteroatoms. The Hall–Kier alpha value is -2.05. The maximum atomic E-state index is 11.7. The third-order valence-electron chi connectivity index (χ3n) is 2.89. The lowest BCUT2D eigenvalue weighted by Gasteiger charge is -2.22. The monoisotopic (exact) mass is 279 g/mol. The molecule has 2 heterocycles. The molecule has 1 aromatic rings. The van der Waals surface area contributed by atoms with E-state index >= 15 is 0 Å². The van der Waals surface area contributed by atoms with E-state index in [1.165, 1.54) is 6.33 Å². The van der Waals surface area contributed by atoms with E-state index in [0.717, 1.165) is 18.8 Å². The molecule has 1 aliphatic heterocycles. The zero-order chi connectivity index (χ0) is 14.8. The van der Waals surface area contributed by atoms with Crippen LogP contribution in [-0.4, -0.2) is 40.8 Å². The predicted molar refractivity (Wildman–Crippen MR) is 76.4 cm³/mol. The number of alkyl carbamates (subject to hydrolysis) is 1. The Kier molecular flexibility index (Phi) is 3.96. The van der Waals surface area contributed by atoms with Crippen LogP contribution >= 0.6 is 0 Å². The fourth-order valence-corrected chi connectivity index (χ4v) is 2.05. The first-order chi connectivity index (χ1) is 9.33. The molecule has 0 radical (unpaired) electrons. The van der Waals surface area contributed by atoms with Crippen LogP contribution in [0.3, 0.4) is 0 Å². The van der Waals surface area contributed by atoms with Gasteiger partial charge < -0.3 is 20.7 Å². The normalized spacial score (nSPS) is 18.9. The van der Waals surface area contributed by atoms with E-state index in [2.05, 4.69) is 15.3 Å². The minimum atomic E-state index is -0.383. The molecule has 2 rings (SSSR count). The molecule has 3 N–H and O–H groups in total. The second-order valence-electron chi connectivity index (χ2n) is 5.94. The third-order valence-corrected chi connectivity index (χ3v) is 2.89. The Balaban J connectivity index is 1.88. The van der Waals surface area contributed by atoms with Gasteiger partial charge in [0.05, 0.1) is 6.54 Å². The standard InChI is InChI=1S/C13H21N5O2/c1-13(2,3)17-12(19)20-9-4-5-18(7-9)11-6-10(14)15-8-16-11/h6,8-9H,4-5,7H2,1-3H3,(H,17,19)(H2,14,15,16)/t9-/m0/s1. The number of nitrogens with one attached hydrogen (secondary N) is 1. The molecule has 0 aliphatic carbocycles. The average Bonchev–Trinajstić information content (AvgIpc) is 2.74. The zero-order valence-electron chi connectivity index (χ0n) is 12.1. The minimum Gasteiger partial charge on any atom is -0.444 e. The summed E-state index contributed by atoms with van der Waals surface area (Å²) in [6, 6.07) is 1.72. The van der Waals surface area contributed by atoms with Crippen molar-refractivity contribution in [2.24, 2.45) is 0 Å². The van der Waals surface area contributed by atoms with Crippen molar-refractivity contribution in [2.75, 3.05) is 23.7 Å². The summed E-state index contributed by atoms with van der Waals surface area (Å²) in [5.41, 5.74) is 5.34. The number of hydrogen-bond donors (Lipinski definition) is 2. The van der Waals surface area contributed by atoms with Gasteiger partial charge in [-0.25, -0.2) is 14.8 Å². The van der Waals surface area contributed by atoms with Crippen molar-refractivity contribution >= 4 is 17.7 Å². The van der Waals surface area contributed by atoms with Crippen LogP contribution in [0.25, 0.3) is 0 Å². The Morgan fingerprint density at radius 3 is 2.90 bits per heavy atom. The summed E-state index contributed by atoms with van der Waals surface area (Å²) in [4.78, 5) is 21.8. The van der Waals surface area contributed by atoms with Crippen LogP contribution in [-0.2, 0) is 4.74 Å². The van der Waals surface area contributed by atoms with E-state index in [9.17, 15) is 4.79 Å². The Bertz CT molecular complexity index is 486. The molecule has 1 fully saturated rings. The van der Waals surface area contributed by atoms with Crippen molar-refractivity contribution < 1.29 is 9.53 Å². The molecule has 1 aromatic heterocycles. The van der Waals surface area contributed by atoms with Crippen LogP contribution in [0.5, 0.6) is 0 Å². The lowest BCUT2D eigenvalue weighted by atomic mass is 10.1. The Morgan fingerprint density at radius 2 is 2.25 bits per heavy atom. The summed E-state index contributed by atoms with van der Waals surface area (Å²) >= 11 is 0. The van der Waals surface area contributed by atoms with Crippen LogP contribution < -0.4 is 16.0 Å². The second-order valence-corrected chi connectivity index (χ2v) is 5.94. The van der Waals surface area contributed by atoms with Crippen LogP contribution in [0.2, 0.25) is 0 Å². The van der Waals surface area contributed by atoms with E-state index in [-0.39, 0.29) is 17.7 Å². The number of amides is 1. The van der Waals surface area contributed by atoms with Crippen LogP contribution in [0.1, 0.15) is 27.2 Å². The number of ether oxygens (including phenoxy) is 1. The van der Waals surface area contributed by atoms with Crippen molar-refractivity contribution in [3.8, 4) is 0 Å². The van der Waals surface area contributed by atoms with Crippen molar-refractivity contribution in [2.45, 2.75) is 38.8 Å². The predicted octanol–water partition coefficient (Wildman–Crippen LogP) is 1.16. The highest BCUT2D eigenvalue weighted by molar-refractivity contribution is 5.68. The fourth-order valence-electron chi connectivity index (χ4n) is 2.05. The summed E-state index contributed by atoms with van der Waals surface area (Å²) in [6.45, 7) is 7.15. The number of anilines is 2. The summed E-state index contributed by atoms with van der Waals surface area (Å²) in [5, 5.41) is 2.78. The smallest absolute Gasteiger partial charge is 0.407 e. The van der Waals surface area contributed by atoms with Crippen molar-refractivity contribution in [3.63, 3.8) is 0 Å². The van der Waals surface area contributed by atoms with Crippen LogP contribution in [0.4, 0.5) is 16.4 Å². The molecule has 110 valence electrons. The molecule has 1 aliphatic rings. The first kappa shape index (κ1) is 14.4. The molecule has 0 aromatic carbocycles. The number of rotatable bonds is 2. The molecule has 7 nitrogen and oxygen atoms in total. The van der Waals surface area contributed by atoms with Crippen LogP contribution in [0, 0.1) is 0 Å². The Labute approximate surface area is 118 Å². The van der Waals surface area contributed by atoms with Gasteiger partial charge in [0.2, 0.25) is 0 Å². The molecule has 0 unspecified atom stereocenters. The largest absolute Gasteiger partial charge is 0.444 e. The quantitative estimate of drug-likeness (QED) is 0.844. The topological polar surface area (TPSA) is 93.4 Å². The number of carbonyl (C=O) groups is 1. The van der Waals surface area contributed by atoms with E-state index in [1.54, 1.807) is 6.07 Å². The molecule has 0 spiro atoms. The third kappa shape index (κ3) is 3.97. The number of nitrogens with zero attached hydrogens (tertiary/aromatic N) is 3. The average molecular weight is 279 g/mol. The highest BCUT2D eigenvalue weighted by Gasteiger charge is 2.27. The van der Waals surface area contributed by atoms with Gasteiger partial charge in [0.1, 0.15) is 24.1 Å². The van der Waals surface area contributed by atoms with Gasteiger partial charge in [0.15, 0.2) is 0 Å².